The molecular weight excluding hydrogens is 256 g/mol. The summed E-state index contributed by atoms with van der Waals surface area (Å²) in [6, 6.07) is 0. The average Bonchev–Trinajstić information content (AvgIpc) is 2.22. The van der Waals surface area contributed by atoms with Gasteiger partial charge in [0.25, 0.3) is 0 Å². The summed E-state index contributed by atoms with van der Waals surface area (Å²) in [4.78, 5) is 23.4. The third-order valence-corrected chi connectivity index (χ3v) is 3.99. The summed E-state index contributed by atoms with van der Waals surface area (Å²) in [5.41, 5.74) is -1.22. The highest BCUT2D eigenvalue weighted by molar-refractivity contribution is 5.83. The van der Waals surface area contributed by atoms with E-state index in [2.05, 4.69) is 0 Å². The van der Waals surface area contributed by atoms with Crippen LogP contribution in [0.1, 0.15) is 67.2 Å². The van der Waals surface area contributed by atoms with Crippen molar-refractivity contribution in [2.24, 2.45) is 22.7 Å². The molecule has 0 aliphatic heterocycles. The van der Waals surface area contributed by atoms with Crippen LogP contribution < -0.4 is 0 Å². The lowest BCUT2D eigenvalue weighted by molar-refractivity contribution is -0.165. The van der Waals surface area contributed by atoms with Crippen LogP contribution in [0.25, 0.3) is 0 Å². The summed E-state index contributed by atoms with van der Waals surface area (Å²) in [7, 11) is 0. The van der Waals surface area contributed by atoms with E-state index in [1.807, 2.05) is 34.6 Å². The summed E-state index contributed by atoms with van der Waals surface area (Å²) >= 11 is 0. The van der Waals surface area contributed by atoms with E-state index < -0.39 is 23.3 Å². The van der Waals surface area contributed by atoms with Gasteiger partial charge < -0.3 is 10.2 Å². The van der Waals surface area contributed by atoms with Crippen LogP contribution in [0.2, 0.25) is 0 Å². The smallest absolute Gasteiger partial charge is 0.310 e. The van der Waals surface area contributed by atoms with Gasteiger partial charge >= 0.3 is 11.9 Å². The topological polar surface area (TPSA) is 74.6 Å². The zero-order valence-electron chi connectivity index (χ0n) is 13.7. The second-order valence-electron chi connectivity index (χ2n) is 7.38. The molecule has 0 aromatic carbocycles. The Kier molecular flexibility index (Phi) is 6.72. The molecule has 0 fully saturated rings. The van der Waals surface area contributed by atoms with Gasteiger partial charge in [-0.25, -0.2) is 0 Å². The minimum atomic E-state index is -1.20. The van der Waals surface area contributed by atoms with Gasteiger partial charge in [0.05, 0.1) is 11.3 Å². The number of hydrogen-bond acceptors (Lipinski definition) is 2. The predicted octanol–water partition coefficient (Wildman–Crippen LogP) is 4.04. The first kappa shape index (κ1) is 18.9. The van der Waals surface area contributed by atoms with E-state index in [9.17, 15) is 19.8 Å². The number of rotatable bonds is 8. The summed E-state index contributed by atoms with van der Waals surface area (Å²) in [6.45, 7) is 11.6. The van der Waals surface area contributed by atoms with Gasteiger partial charge in [0.2, 0.25) is 0 Å². The first-order chi connectivity index (χ1) is 8.95. The molecule has 0 spiro atoms. The highest BCUT2D eigenvalue weighted by Crippen LogP contribution is 2.42. The number of carboxylic acid groups (broad SMARTS) is 2. The third-order valence-electron chi connectivity index (χ3n) is 3.99. The van der Waals surface area contributed by atoms with Crippen LogP contribution in [-0.2, 0) is 9.59 Å². The van der Waals surface area contributed by atoms with Gasteiger partial charge in [-0.1, -0.05) is 47.5 Å². The zero-order valence-corrected chi connectivity index (χ0v) is 13.7. The van der Waals surface area contributed by atoms with Gasteiger partial charge in [-0.3, -0.25) is 9.59 Å². The molecule has 0 aromatic rings. The van der Waals surface area contributed by atoms with Crippen molar-refractivity contribution in [1.29, 1.82) is 0 Å². The molecule has 20 heavy (non-hydrogen) atoms. The van der Waals surface area contributed by atoms with E-state index in [1.165, 1.54) is 0 Å². The fraction of sp³-hybridized carbons (Fsp3) is 0.875. The molecular formula is C16H30O4. The van der Waals surface area contributed by atoms with Crippen molar-refractivity contribution in [3.63, 3.8) is 0 Å². The van der Waals surface area contributed by atoms with E-state index in [-0.39, 0.29) is 11.3 Å². The van der Waals surface area contributed by atoms with E-state index >= 15 is 0 Å². The molecule has 0 aromatic heterocycles. The van der Waals surface area contributed by atoms with Crippen molar-refractivity contribution in [3.05, 3.63) is 0 Å². The number of aliphatic carboxylic acids is 2. The van der Waals surface area contributed by atoms with Gasteiger partial charge in [0, 0.05) is 0 Å². The zero-order chi connectivity index (χ0) is 16.1. The molecule has 118 valence electrons. The van der Waals surface area contributed by atoms with Crippen molar-refractivity contribution >= 4 is 11.9 Å². The average molecular weight is 286 g/mol. The standard InChI is InChI=1S/C16H30O4/c1-7-8-9-16(6,14(19)20)12(13(17)18)11(2)10-15(3,4)5/h11-12H,7-10H2,1-6H3,(H,17,18)(H,19,20). The maximum Gasteiger partial charge on any atom is 0.310 e. The van der Waals surface area contributed by atoms with E-state index in [0.717, 1.165) is 12.8 Å². The van der Waals surface area contributed by atoms with Crippen LogP contribution >= 0.6 is 0 Å². The Morgan fingerprint density at radius 2 is 1.60 bits per heavy atom. The molecule has 0 saturated heterocycles. The fourth-order valence-corrected chi connectivity index (χ4v) is 3.17. The van der Waals surface area contributed by atoms with Crippen LogP contribution in [-0.4, -0.2) is 22.2 Å². The molecule has 0 amide bonds. The quantitative estimate of drug-likeness (QED) is 0.706. The van der Waals surface area contributed by atoms with Gasteiger partial charge in [0.1, 0.15) is 0 Å². The monoisotopic (exact) mass is 286 g/mol. The molecule has 4 heteroatoms. The van der Waals surface area contributed by atoms with Crippen molar-refractivity contribution in [1.82, 2.24) is 0 Å². The van der Waals surface area contributed by atoms with Crippen molar-refractivity contribution < 1.29 is 19.8 Å². The van der Waals surface area contributed by atoms with E-state index in [0.29, 0.717) is 12.8 Å². The second-order valence-corrected chi connectivity index (χ2v) is 7.38. The Balaban J connectivity index is 5.39. The number of carboxylic acids is 2. The lowest BCUT2D eigenvalue weighted by Gasteiger charge is -2.37. The molecule has 0 saturated carbocycles. The Bertz CT molecular complexity index is 343. The summed E-state index contributed by atoms with van der Waals surface area (Å²) in [6.07, 6.45) is 2.70. The molecule has 3 atom stereocenters. The second kappa shape index (κ2) is 7.09. The van der Waals surface area contributed by atoms with Gasteiger partial charge in [-0.05, 0) is 31.1 Å². The molecule has 0 radical (unpaired) electrons. The maximum atomic E-state index is 11.7. The lowest BCUT2D eigenvalue weighted by atomic mass is 9.65. The Hall–Kier alpha value is -1.06. The Labute approximate surface area is 122 Å². The van der Waals surface area contributed by atoms with Gasteiger partial charge in [0.15, 0.2) is 0 Å². The Morgan fingerprint density at radius 1 is 1.10 bits per heavy atom. The van der Waals surface area contributed by atoms with Gasteiger partial charge in [-0.2, -0.15) is 0 Å². The minimum Gasteiger partial charge on any atom is -0.481 e. The molecule has 0 aliphatic carbocycles. The lowest BCUT2D eigenvalue weighted by Crippen LogP contribution is -2.44. The molecule has 3 unspecified atom stereocenters. The van der Waals surface area contributed by atoms with Crippen molar-refractivity contribution in [2.45, 2.75) is 67.2 Å². The normalized spacial score (nSPS) is 18.1. The molecule has 0 bridgehead atoms. The van der Waals surface area contributed by atoms with E-state index in [1.54, 1.807) is 6.92 Å². The molecule has 0 aliphatic rings. The highest BCUT2D eigenvalue weighted by atomic mass is 16.4. The molecule has 0 rings (SSSR count). The van der Waals surface area contributed by atoms with Crippen LogP contribution in [0.15, 0.2) is 0 Å². The van der Waals surface area contributed by atoms with Crippen LogP contribution in [0, 0.1) is 22.7 Å². The van der Waals surface area contributed by atoms with Crippen LogP contribution in [0.5, 0.6) is 0 Å². The number of unbranched alkanes of at least 4 members (excludes halogenated alkanes) is 1. The SMILES string of the molecule is CCCCC(C)(C(=O)O)C(C(=O)O)C(C)CC(C)(C)C. The first-order valence-corrected chi connectivity index (χ1v) is 7.42. The van der Waals surface area contributed by atoms with Crippen molar-refractivity contribution in [2.75, 3.05) is 0 Å². The maximum absolute atomic E-state index is 11.7. The third kappa shape index (κ3) is 5.14. The summed E-state index contributed by atoms with van der Waals surface area (Å²) in [5, 5.41) is 19.1. The number of carbonyl (C=O) groups is 2. The van der Waals surface area contributed by atoms with Crippen molar-refractivity contribution in [3.8, 4) is 0 Å². The predicted molar refractivity (Wildman–Crippen MR) is 79.6 cm³/mol. The molecule has 4 nitrogen and oxygen atoms in total. The number of hydrogen-bond donors (Lipinski definition) is 2. The minimum absolute atomic E-state index is 0.0166. The van der Waals surface area contributed by atoms with Gasteiger partial charge in [-0.15, -0.1) is 0 Å². The summed E-state index contributed by atoms with van der Waals surface area (Å²) < 4.78 is 0. The molecule has 0 heterocycles. The highest BCUT2D eigenvalue weighted by Gasteiger charge is 2.48. The largest absolute Gasteiger partial charge is 0.481 e. The Morgan fingerprint density at radius 3 is 1.90 bits per heavy atom. The van der Waals surface area contributed by atoms with Crippen LogP contribution in [0.3, 0.4) is 0 Å². The fourth-order valence-electron chi connectivity index (χ4n) is 3.17. The van der Waals surface area contributed by atoms with Crippen LogP contribution in [0.4, 0.5) is 0 Å². The molecule has 2 N–H and O–H groups in total. The summed E-state index contributed by atoms with van der Waals surface area (Å²) in [5.74, 6) is -3.03. The first-order valence-electron chi connectivity index (χ1n) is 7.42. The van der Waals surface area contributed by atoms with E-state index in [4.69, 9.17) is 0 Å².